The summed E-state index contributed by atoms with van der Waals surface area (Å²) in [7, 11) is 0. The fourth-order valence-corrected chi connectivity index (χ4v) is 3.12. The van der Waals surface area contributed by atoms with E-state index in [1.165, 1.54) is 25.3 Å². The lowest BCUT2D eigenvalue weighted by atomic mass is 9.97. The number of benzene rings is 2. The van der Waals surface area contributed by atoms with E-state index in [9.17, 15) is 32.3 Å². The molecule has 0 bridgehead atoms. The number of nitrogens with one attached hydrogen (secondary N) is 1. The molecule has 0 fully saturated rings. The number of nitrogens with zero attached hydrogens (tertiary/aromatic N) is 1. The number of amides is 1. The molecule has 3 aromatic rings. The van der Waals surface area contributed by atoms with Crippen LogP contribution in [0.3, 0.4) is 0 Å². The lowest BCUT2D eigenvalue weighted by Crippen LogP contribution is -2.51. The molecule has 2 N–H and O–H groups in total. The van der Waals surface area contributed by atoms with Crippen molar-refractivity contribution < 1.29 is 37.0 Å². The zero-order valence-electron chi connectivity index (χ0n) is 17.7. The Morgan fingerprint density at radius 1 is 1.12 bits per heavy atom. The molecule has 0 aliphatic rings. The lowest BCUT2D eigenvalue weighted by molar-refractivity contribution is -0.144. The summed E-state index contributed by atoms with van der Waals surface area (Å²) in [5.41, 5.74) is -2.80. The largest absolute Gasteiger partial charge is 0.487 e. The maximum Gasteiger partial charge on any atom is 0.417 e. The van der Waals surface area contributed by atoms with E-state index < -0.39 is 41.6 Å². The molecule has 0 saturated carbocycles. The van der Waals surface area contributed by atoms with Gasteiger partial charge in [-0.25, -0.2) is 9.18 Å². The number of alkyl halides is 3. The molecular weight excluding hydrogens is 444 g/mol. The minimum atomic E-state index is -4.60. The second-order valence-corrected chi connectivity index (χ2v) is 7.59. The maximum atomic E-state index is 14.7. The number of carboxylic acids is 1. The minimum absolute atomic E-state index is 0.0518. The molecule has 0 saturated heterocycles. The summed E-state index contributed by atoms with van der Waals surface area (Å²) >= 11 is 0. The third-order valence-electron chi connectivity index (χ3n) is 5.26. The number of aromatic nitrogens is 1. The predicted molar refractivity (Wildman–Crippen MR) is 111 cm³/mol. The van der Waals surface area contributed by atoms with E-state index in [1.54, 1.807) is 19.1 Å². The van der Waals surface area contributed by atoms with Crippen molar-refractivity contribution in [3.63, 3.8) is 0 Å². The Labute approximate surface area is 186 Å². The lowest BCUT2D eigenvalue weighted by Gasteiger charge is -2.25. The zero-order valence-corrected chi connectivity index (χ0v) is 17.7. The number of carbonyl (C=O) groups is 2. The number of ether oxygens (including phenoxy) is 1. The van der Waals surface area contributed by atoms with Gasteiger partial charge in [-0.2, -0.15) is 13.2 Å². The highest BCUT2D eigenvalue weighted by Crippen LogP contribution is 2.34. The van der Waals surface area contributed by atoms with Crippen LogP contribution in [0.2, 0.25) is 0 Å². The number of rotatable bonds is 7. The quantitative estimate of drug-likeness (QED) is 0.483. The third-order valence-corrected chi connectivity index (χ3v) is 5.26. The van der Waals surface area contributed by atoms with Crippen LogP contribution in [0.5, 0.6) is 5.75 Å². The SMILES string of the molecule is CC[C@](C)(NC(=O)c1cc(F)c2ccccc2c1OCc1cncc(C(F)(F)F)c1)C(=O)O. The molecule has 0 unspecified atom stereocenters. The van der Waals surface area contributed by atoms with Crippen molar-refractivity contribution in [1.82, 2.24) is 10.3 Å². The summed E-state index contributed by atoms with van der Waals surface area (Å²) in [6.07, 6.45) is -2.69. The fourth-order valence-electron chi connectivity index (χ4n) is 3.12. The van der Waals surface area contributed by atoms with Gasteiger partial charge in [0.1, 0.15) is 23.7 Å². The van der Waals surface area contributed by atoms with Crippen LogP contribution in [0.25, 0.3) is 10.8 Å². The highest BCUT2D eigenvalue weighted by Gasteiger charge is 2.34. The number of aliphatic carboxylic acids is 1. The van der Waals surface area contributed by atoms with Gasteiger partial charge in [-0.15, -0.1) is 0 Å². The summed E-state index contributed by atoms with van der Waals surface area (Å²) < 4.78 is 59.4. The van der Waals surface area contributed by atoms with Crippen LogP contribution in [-0.2, 0) is 17.6 Å². The highest BCUT2D eigenvalue weighted by molar-refractivity contribution is 6.05. The van der Waals surface area contributed by atoms with Crippen LogP contribution in [-0.4, -0.2) is 27.5 Å². The average Bonchev–Trinajstić information content (AvgIpc) is 2.77. The molecular formula is C23H20F4N2O4. The number of hydrogen-bond acceptors (Lipinski definition) is 4. The summed E-state index contributed by atoms with van der Waals surface area (Å²) in [5.74, 6) is -3.01. The summed E-state index contributed by atoms with van der Waals surface area (Å²) in [6.45, 7) is 2.48. The van der Waals surface area contributed by atoms with Gasteiger partial charge in [0.05, 0.1) is 11.1 Å². The number of hydrogen-bond donors (Lipinski definition) is 2. The topological polar surface area (TPSA) is 88.5 Å². The van der Waals surface area contributed by atoms with Crippen LogP contribution in [0.4, 0.5) is 17.6 Å². The van der Waals surface area contributed by atoms with Gasteiger partial charge in [-0.3, -0.25) is 9.78 Å². The molecule has 2 aromatic carbocycles. The summed E-state index contributed by atoms with van der Waals surface area (Å²) in [5, 5.41) is 12.2. The van der Waals surface area contributed by atoms with Crippen molar-refractivity contribution >= 4 is 22.6 Å². The normalized spacial score (nSPS) is 13.4. The van der Waals surface area contributed by atoms with Crippen molar-refractivity contribution in [1.29, 1.82) is 0 Å². The molecule has 1 aromatic heterocycles. The molecule has 1 amide bonds. The third kappa shape index (κ3) is 5.05. The Hall–Kier alpha value is -3.69. The first-order valence-corrected chi connectivity index (χ1v) is 9.87. The van der Waals surface area contributed by atoms with Gasteiger partial charge in [-0.1, -0.05) is 31.2 Å². The predicted octanol–water partition coefficient (Wildman–Crippen LogP) is 4.95. The van der Waals surface area contributed by atoms with Gasteiger partial charge < -0.3 is 15.2 Å². The van der Waals surface area contributed by atoms with Gasteiger partial charge >= 0.3 is 12.1 Å². The summed E-state index contributed by atoms with van der Waals surface area (Å²) in [4.78, 5) is 28.1. The molecule has 1 atom stereocenters. The molecule has 0 aliphatic heterocycles. The number of pyridine rings is 1. The molecule has 0 spiro atoms. The van der Waals surface area contributed by atoms with E-state index in [0.717, 1.165) is 12.1 Å². The second kappa shape index (κ2) is 9.05. The van der Waals surface area contributed by atoms with E-state index in [-0.39, 0.29) is 34.1 Å². The van der Waals surface area contributed by atoms with Crippen molar-refractivity contribution in [3.8, 4) is 5.75 Å². The van der Waals surface area contributed by atoms with Crippen molar-refractivity contribution in [2.24, 2.45) is 0 Å². The number of carbonyl (C=O) groups excluding carboxylic acids is 1. The first kappa shape index (κ1) is 24.0. The van der Waals surface area contributed by atoms with Crippen molar-refractivity contribution in [2.45, 2.75) is 38.6 Å². The zero-order chi connectivity index (χ0) is 24.4. The second-order valence-electron chi connectivity index (χ2n) is 7.59. The first-order valence-electron chi connectivity index (χ1n) is 9.87. The smallest absolute Gasteiger partial charge is 0.417 e. The van der Waals surface area contributed by atoms with Crippen molar-refractivity contribution in [3.05, 3.63) is 71.3 Å². The molecule has 10 heteroatoms. The Morgan fingerprint density at radius 2 is 1.79 bits per heavy atom. The molecule has 33 heavy (non-hydrogen) atoms. The Balaban J connectivity index is 2.04. The van der Waals surface area contributed by atoms with E-state index in [2.05, 4.69) is 10.3 Å². The molecule has 6 nitrogen and oxygen atoms in total. The van der Waals surface area contributed by atoms with E-state index in [4.69, 9.17) is 4.74 Å². The van der Waals surface area contributed by atoms with Crippen LogP contribution < -0.4 is 10.1 Å². The minimum Gasteiger partial charge on any atom is -0.487 e. The van der Waals surface area contributed by atoms with Crippen molar-refractivity contribution in [2.75, 3.05) is 0 Å². The maximum absolute atomic E-state index is 14.7. The molecule has 0 radical (unpaired) electrons. The monoisotopic (exact) mass is 464 g/mol. The molecule has 0 aliphatic carbocycles. The molecule has 1 heterocycles. The Kier molecular flexibility index (Phi) is 6.57. The van der Waals surface area contributed by atoms with E-state index in [1.807, 2.05) is 0 Å². The first-order chi connectivity index (χ1) is 15.5. The number of fused-ring (bicyclic) bond motifs is 1. The van der Waals surface area contributed by atoms with Crippen LogP contribution in [0.15, 0.2) is 48.8 Å². The summed E-state index contributed by atoms with van der Waals surface area (Å²) in [6, 6.07) is 7.87. The van der Waals surface area contributed by atoms with Gasteiger partial charge in [-0.05, 0) is 25.5 Å². The van der Waals surface area contributed by atoms with E-state index >= 15 is 0 Å². The molecule has 174 valence electrons. The van der Waals surface area contributed by atoms with Gasteiger partial charge in [0, 0.05) is 28.7 Å². The van der Waals surface area contributed by atoms with Gasteiger partial charge in [0.2, 0.25) is 0 Å². The Bertz CT molecular complexity index is 1210. The average molecular weight is 464 g/mol. The van der Waals surface area contributed by atoms with Crippen LogP contribution >= 0.6 is 0 Å². The highest BCUT2D eigenvalue weighted by atomic mass is 19.4. The molecule has 3 rings (SSSR count). The standard InChI is InChI=1S/C23H20F4N2O4/c1-3-22(2,21(31)32)29-20(30)17-9-18(24)15-6-4-5-7-16(15)19(17)33-12-13-8-14(11-28-10-13)23(25,26)27/h4-11H,3,12H2,1-2H3,(H,29,30)(H,31,32)/t22-/m0/s1. The van der Waals surface area contributed by atoms with Crippen LogP contribution in [0.1, 0.15) is 41.8 Å². The van der Waals surface area contributed by atoms with Gasteiger partial charge in [0.15, 0.2) is 0 Å². The fraction of sp³-hybridized carbons (Fsp3) is 0.261. The Morgan fingerprint density at radius 3 is 2.39 bits per heavy atom. The van der Waals surface area contributed by atoms with Crippen LogP contribution in [0, 0.1) is 5.82 Å². The number of carboxylic acid groups (broad SMARTS) is 1. The van der Waals surface area contributed by atoms with E-state index in [0.29, 0.717) is 6.20 Å². The number of halogens is 4. The van der Waals surface area contributed by atoms with Gasteiger partial charge in [0.25, 0.3) is 5.91 Å².